The molecule has 1 aliphatic heterocycles. The highest BCUT2D eigenvalue weighted by atomic mass is 16.5. The summed E-state index contributed by atoms with van der Waals surface area (Å²) in [6.07, 6.45) is 0.798. The predicted octanol–water partition coefficient (Wildman–Crippen LogP) is 3.38. The number of ether oxygens (including phenoxy) is 2. The Balaban J connectivity index is 1.94. The lowest BCUT2D eigenvalue weighted by Gasteiger charge is -2.38. The zero-order valence-electron chi connectivity index (χ0n) is 19.0. The molecule has 1 aliphatic rings. The van der Waals surface area contributed by atoms with Crippen LogP contribution in [0, 0.1) is 5.92 Å². The number of carbonyl (C=O) groups excluding carboxylic acids is 2. The van der Waals surface area contributed by atoms with Gasteiger partial charge in [-0.1, -0.05) is 44.2 Å². The molecule has 1 N–H and O–H groups in total. The van der Waals surface area contributed by atoms with Crippen molar-refractivity contribution < 1.29 is 19.1 Å². The maximum atomic E-state index is 12.9. The number of ketones is 1. The molecular weight excluding hydrogens is 392 g/mol. The van der Waals surface area contributed by atoms with E-state index >= 15 is 0 Å². The summed E-state index contributed by atoms with van der Waals surface area (Å²) >= 11 is 0. The van der Waals surface area contributed by atoms with E-state index in [2.05, 4.69) is 22.3 Å². The molecule has 31 heavy (non-hydrogen) atoms. The average Bonchev–Trinajstić information content (AvgIpc) is 2.76. The van der Waals surface area contributed by atoms with Crippen molar-refractivity contribution in [3.8, 4) is 11.5 Å². The van der Waals surface area contributed by atoms with Crippen molar-refractivity contribution in [1.82, 2.24) is 10.2 Å². The fourth-order valence-corrected chi connectivity index (χ4v) is 4.34. The van der Waals surface area contributed by atoms with Gasteiger partial charge in [-0.3, -0.25) is 14.5 Å². The number of carbonyl (C=O) groups is 2. The second-order valence-electron chi connectivity index (χ2n) is 8.34. The number of Topliss-reactive ketones (excluding diaryl/α,β-unsaturated/α-hetero) is 1. The van der Waals surface area contributed by atoms with Crippen LogP contribution in [0.3, 0.4) is 0 Å². The van der Waals surface area contributed by atoms with Gasteiger partial charge in [-0.25, -0.2) is 0 Å². The minimum atomic E-state index is -0.468. The molecule has 0 spiro atoms. The fraction of sp³-hybridized carbons (Fsp3) is 0.440. The molecule has 0 radical (unpaired) electrons. The van der Waals surface area contributed by atoms with Crippen LogP contribution in [-0.2, 0) is 16.0 Å². The molecule has 0 aliphatic carbocycles. The molecular formula is C25H32N2O4. The Hall–Kier alpha value is -2.86. The van der Waals surface area contributed by atoms with Crippen LogP contribution in [0.25, 0.3) is 0 Å². The van der Waals surface area contributed by atoms with Crippen LogP contribution in [0.15, 0.2) is 42.5 Å². The average molecular weight is 425 g/mol. The summed E-state index contributed by atoms with van der Waals surface area (Å²) in [5.41, 5.74) is 3.40. The highest BCUT2D eigenvalue weighted by Crippen LogP contribution is 2.40. The second kappa shape index (κ2) is 9.96. The van der Waals surface area contributed by atoms with E-state index in [1.54, 1.807) is 14.2 Å². The molecule has 1 heterocycles. The molecule has 0 saturated carbocycles. The molecule has 0 fully saturated rings. The lowest BCUT2D eigenvalue weighted by Crippen LogP contribution is -2.49. The first-order valence-corrected chi connectivity index (χ1v) is 10.7. The summed E-state index contributed by atoms with van der Waals surface area (Å²) in [7, 11) is 3.27. The van der Waals surface area contributed by atoms with E-state index in [4.69, 9.17) is 9.47 Å². The summed E-state index contributed by atoms with van der Waals surface area (Å²) in [6, 6.07) is 13.6. The number of hydrogen-bond acceptors (Lipinski definition) is 5. The largest absolute Gasteiger partial charge is 0.493 e. The number of fused-ring (bicyclic) bond motifs is 1. The Labute approximate surface area is 184 Å². The maximum absolute atomic E-state index is 12.9. The van der Waals surface area contributed by atoms with Crippen LogP contribution < -0.4 is 14.8 Å². The van der Waals surface area contributed by atoms with Gasteiger partial charge in [0.05, 0.1) is 32.8 Å². The molecule has 6 heteroatoms. The molecule has 2 unspecified atom stereocenters. The Kier molecular flexibility index (Phi) is 7.33. The van der Waals surface area contributed by atoms with Crippen molar-refractivity contribution >= 4 is 11.7 Å². The summed E-state index contributed by atoms with van der Waals surface area (Å²) in [5.74, 6) is 1.26. The van der Waals surface area contributed by atoms with E-state index in [0.717, 1.165) is 24.1 Å². The van der Waals surface area contributed by atoms with Gasteiger partial charge >= 0.3 is 0 Å². The minimum absolute atomic E-state index is 0.0243. The van der Waals surface area contributed by atoms with Gasteiger partial charge in [0.15, 0.2) is 17.3 Å². The summed E-state index contributed by atoms with van der Waals surface area (Å²) in [6.45, 7) is 6.34. The zero-order valence-corrected chi connectivity index (χ0v) is 19.0. The summed E-state index contributed by atoms with van der Waals surface area (Å²) in [4.78, 5) is 27.0. The molecule has 0 aromatic heterocycles. The molecule has 1 amide bonds. The Morgan fingerprint density at radius 1 is 1.10 bits per heavy atom. The summed E-state index contributed by atoms with van der Waals surface area (Å²) < 4.78 is 11.0. The normalized spacial score (nSPS) is 17.0. The minimum Gasteiger partial charge on any atom is -0.493 e. The van der Waals surface area contributed by atoms with Gasteiger partial charge in [0.2, 0.25) is 5.91 Å². The van der Waals surface area contributed by atoms with Crippen LogP contribution in [0.5, 0.6) is 11.5 Å². The number of rotatable bonds is 8. The first kappa shape index (κ1) is 22.8. The van der Waals surface area contributed by atoms with E-state index in [1.165, 1.54) is 12.5 Å². The Bertz CT molecular complexity index is 927. The third-order valence-corrected chi connectivity index (χ3v) is 5.86. The van der Waals surface area contributed by atoms with Crippen LogP contribution in [0.2, 0.25) is 0 Å². The van der Waals surface area contributed by atoms with Gasteiger partial charge in [0, 0.05) is 6.54 Å². The fourth-order valence-electron chi connectivity index (χ4n) is 4.34. The highest BCUT2D eigenvalue weighted by Gasteiger charge is 2.32. The number of nitrogens with zero attached hydrogens (tertiary/aromatic N) is 1. The van der Waals surface area contributed by atoms with Gasteiger partial charge in [-0.2, -0.15) is 0 Å². The maximum Gasteiger partial charge on any atom is 0.234 e. The lowest BCUT2D eigenvalue weighted by atomic mass is 9.87. The van der Waals surface area contributed by atoms with Crippen LogP contribution >= 0.6 is 0 Å². The van der Waals surface area contributed by atoms with E-state index in [1.807, 2.05) is 44.2 Å². The van der Waals surface area contributed by atoms with Crippen molar-refractivity contribution in [2.75, 3.05) is 27.3 Å². The monoisotopic (exact) mass is 424 g/mol. The van der Waals surface area contributed by atoms with E-state index in [-0.39, 0.29) is 30.2 Å². The van der Waals surface area contributed by atoms with Gasteiger partial charge in [-0.15, -0.1) is 0 Å². The molecule has 0 bridgehead atoms. The van der Waals surface area contributed by atoms with Gasteiger partial charge < -0.3 is 14.8 Å². The van der Waals surface area contributed by atoms with Crippen LogP contribution in [-0.4, -0.2) is 49.9 Å². The number of nitrogens with one attached hydrogen (secondary N) is 1. The first-order chi connectivity index (χ1) is 14.8. The van der Waals surface area contributed by atoms with Crippen molar-refractivity contribution in [3.63, 3.8) is 0 Å². The molecule has 3 rings (SSSR count). The molecule has 6 nitrogen and oxygen atoms in total. The highest BCUT2D eigenvalue weighted by molar-refractivity contribution is 5.88. The van der Waals surface area contributed by atoms with Gasteiger partial charge in [-0.05, 0) is 48.1 Å². The summed E-state index contributed by atoms with van der Waals surface area (Å²) in [5, 5.41) is 2.93. The first-order valence-electron chi connectivity index (χ1n) is 10.7. The second-order valence-corrected chi connectivity index (χ2v) is 8.34. The van der Waals surface area contributed by atoms with E-state index < -0.39 is 6.04 Å². The van der Waals surface area contributed by atoms with E-state index in [9.17, 15) is 9.59 Å². The topological polar surface area (TPSA) is 67.9 Å². The quantitative estimate of drug-likeness (QED) is 0.704. The van der Waals surface area contributed by atoms with Gasteiger partial charge in [0.1, 0.15) is 0 Å². The lowest BCUT2D eigenvalue weighted by molar-refractivity contribution is -0.128. The third kappa shape index (κ3) is 5.07. The predicted molar refractivity (Wildman–Crippen MR) is 121 cm³/mol. The van der Waals surface area contributed by atoms with E-state index in [0.29, 0.717) is 11.5 Å². The van der Waals surface area contributed by atoms with Crippen molar-refractivity contribution in [2.45, 2.75) is 39.3 Å². The molecule has 2 aromatic rings. The van der Waals surface area contributed by atoms with Crippen molar-refractivity contribution in [2.24, 2.45) is 5.92 Å². The van der Waals surface area contributed by atoms with Crippen LogP contribution in [0.4, 0.5) is 0 Å². The van der Waals surface area contributed by atoms with Crippen molar-refractivity contribution in [1.29, 1.82) is 0 Å². The number of hydrogen-bond donors (Lipinski definition) is 1. The number of benzene rings is 2. The molecule has 2 atom stereocenters. The standard InChI is InChI=1S/C25H32N2O4/c1-16(2)24(17(3)28)26-23(29)15-27-12-11-19-13-21(30-4)22(31-5)14-20(19)25(27)18-9-7-6-8-10-18/h6-10,13-14,16,24-25H,11-12,15H2,1-5H3,(H,26,29). The number of methoxy groups -OCH3 is 2. The number of amides is 1. The van der Waals surface area contributed by atoms with Crippen LogP contribution in [0.1, 0.15) is 43.5 Å². The Morgan fingerprint density at radius 3 is 2.32 bits per heavy atom. The zero-order chi connectivity index (χ0) is 22.5. The van der Waals surface area contributed by atoms with Gasteiger partial charge in [0.25, 0.3) is 0 Å². The van der Waals surface area contributed by atoms with Crippen molar-refractivity contribution in [3.05, 3.63) is 59.2 Å². The smallest absolute Gasteiger partial charge is 0.234 e. The third-order valence-electron chi connectivity index (χ3n) is 5.86. The molecule has 0 saturated heterocycles. The molecule has 166 valence electrons. The molecule has 2 aromatic carbocycles. The Morgan fingerprint density at radius 2 is 1.74 bits per heavy atom. The SMILES string of the molecule is COc1cc2c(cc1OC)C(c1ccccc1)N(CC(=O)NC(C(C)=O)C(C)C)CC2.